The summed E-state index contributed by atoms with van der Waals surface area (Å²) in [7, 11) is 0. The highest BCUT2D eigenvalue weighted by Gasteiger charge is 2.30. The Hall–Kier alpha value is -1.27. The molecule has 2 aromatic rings. The van der Waals surface area contributed by atoms with E-state index in [0.717, 1.165) is 12.8 Å². The molecule has 1 atom stereocenters. The van der Waals surface area contributed by atoms with Gasteiger partial charge in [0.15, 0.2) is 0 Å². The molecule has 20 heavy (non-hydrogen) atoms. The lowest BCUT2D eigenvalue weighted by Gasteiger charge is -2.32. The lowest BCUT2D eigenvalue weighted by molar-refractivity contribution is 0.457. The van der Waals surface area contributed by atoms with Gasteiger partial charge in [-0.05, 0) is 43.4 Å². The predicted molar refractivity (Wildman–Crippen MR) is 88.8 cm³/mol. The highest BCUT2D eigenvalue weighted by molar-refractivity contribution is 6.18. The predicted octanol–water partition coefficient (Wildman–Crippen LogP) is 5.43. The first-order chi connectivity index (χ1) is 9.61. The monoisotopic (exact) mass is 286 g/mol. The Morgan fingerprint density at radius 3 is 2.30 bits per heavy atom. The molecule has 0 spiro atoms. The van der Waals surface area contributed by atoms with Crippen LogP contribution in [0, 0.1) is 13.8 Å². The molecule has 0 heterocycles. The highest BCUT2D eigenvalue weighted by Crippen LogP contribution is 2.34. The number of benzene rings is 2. The van der Waals surface area contributed by atoms with Gasteiger partial charge in [0.2, 0.25) is 0 Å². The third-order valence-corrected chi connectivity index (χ3v) is 4.86. The summed E-state index contributed by atoms with van der Waals surface area (Å²) in [6.45, 7) is 6.58. The first-order valence-corrected chi connectivity index (χ1v) is 7.82. The number of hydrogen-bond acceptors (Lipinski definition) is 0. The van der Waals surface area contributed by atoms with Crippen LogP contribution in [0.15, 0.2) is 48.5 Å². The summed E-state index contributed by atoms with van der Waals surface area (Å²) in [6, 6.07) is 17.4. The van der Waals surface area contributed by atoms with Crippen LogP contribution >= 0.6 is 11.6 Å². The van der Waals surface area contributed by atoms with E-state index in [1.807, 2.05) is 0 Å². The molecule has 0 aromatic heterocycles. The van der Waals surface area contributed by atoms with Crippen LogP contribution in [0.2, 0.25) is 0 Å². The van der Waals surface area contributed by atoms with Crippen LogP contribution < -0.4 is 0 Å². The minimum atomic E-state index is 0.0291. The van der Waals surface area contributed by atoms with Gasteiger partial charge in [-0.2, -0.15) is 0 Å². The SMILES string of the molecule is CCC(CCl)(Cc1cc(C)ccc1C)c1ccccc1. The van der Waals surface area contributed by atoms with E-state index in [4.69, 9.17) is 11.6 Å². The van der Waals surface area contributed by atoms with Gasteiger partial charge >= 0.3 is 0 Å². The molecule has 2 rings (SSSR count). The van der Waals surface area contributed by atoms with E-state index >= 15 is 0 Å². The maximum absolute atomic E-state index is 6.40. The second kappa shape index (κ2) is 6.45. The fourth-order valence-electron chi connectivity index (χ4n) is 2.80. The third-order valence-electron chi connectivity index (χ3n) is 4.35. The van der Waals surface area contributed by atoms with Gasteiger partial charge in [0, 0.05) is 11.3 Å². The van der Waals surface area contributed by atoms with Crippen molar-refractivity contribution in [1.29, 1.82) is 0 Å². The van der Waals surface area contributed by atoms with Gasteiger partial charge in [-0.3, -0.25) is 0 Å². The van der Waals surface area contributed by atoms with Crippen LogP contribution in [0.1, 0.15) is 35.6 Å². The zero-order chi connectivity index (χ0) is 14.6. The Bertz CT molecular complexity index is 553. The molecule has 0 amide bonds. The van der Waals surface area contributed by atoms with Crippen LogP contribution in [0.25, 0.3) is 0 Å². The van der Waals surface area contributed by atoms with Gasteiger partial charge in [-0.25, -0.2) is 0 Å². The number of hydrogen-bond donors (Lipinski definition) is 0. The smallest absolute Gasteiger partial charge is 0.0323 e. The minimum Gasteiger partial charge on any atom is -0.126 e. The van der Waals surface area contributed by atoms with Gasteiger partial charge in [-0.15, -0.1) is 11.6 Å². The van der Waals surface area contributed by atoms with E-state index < -0.39 is 0 Å². The normalized spacial score (nSPS) is 14.0. The lowest BCUT2D eigenvalue weighted by atomic mass is 9.74. The molecule has 0 bridgehead atoms. The van der Waals surface area contributed by atoms with E-state index in [-0.39, 0.29) is 5.41 Å². The third kappa shape index (κ3) is 3.07. The quantitative estimate of drug-likeness (QED) is 0.643. The van der Waals surface area contributed by atoms with Crippen LogP contribution in [-0.4, -0.2) is 5.88 Å². The molecule has 0 radical (unpaired) electrons. The summed E-state index contributed by atoms with van der Waals surface area (Å²) >= 11 is 6.40. The van der Waals surface area contributed by atoms with Crippen molar-refractivity contribution in [2.75, 3.05) is 5.88 Å². The molecule has 0 saturated carbocycles. The van der Waals surface area contributed by atoms with Crippen molar-refractivity contribution >= 4 is 11.6 Å². The average molecular weight is 287 g/mol. The number of halogens is 1. The van der Waals surface area contributed by atoms with E-state index in [2.05, 4.69) is 69.3 Å². The zero-order valence-electron chi connectivity index (χ0n) is 12.6. The summed E-state index contributed by atoms with van der Waals surface area (Å²) in [4.78, 5) is 0. The second-order valence-electron chi connectivity index (χ2n) is 5.74. The van der Waals surface area contributed by atoms with Crippen LogP contribution in [0.4, 0.5) is 0 Å². The topological polar surface area (TPSA) is 0 Å². The highest BCUT2D eigenvalue weighted by atomic mass is 35.5. The van der Waals surface area contributed by atoms with Crippen LogP contribution in [-0.2, 0) is 11.8 Å². The molecule has 2 aromatic carbocycles. The van der Waals surface area contributed by atoms with Gasteiger partial charge in [0.25, 0.3) is 0 Å². The van der Waals surface area contributed by atoms with E-state index in [1.165, 1.54) is 22.3 Å². The summed E-state index contributed by atoms with van der Waals surface area (Å²) in [5.41, 5.74) is 5.46. The van der Waals surface area contributed by atoms with Crippen molar-refractivity contribution in [3.8, 4) is 0 Å². The molecule has 1 heteroatoms. The molecule has 0 aliphatic heterocycles. The van der Waals surface area contributed by atoms with Gasteiger partial charge < -0.3 is 0 Å². The van der Waals surface area contributed by atoms with Crippen molar-refractivity contribution in [2.45, 2.75) is 39.0 Å². The van der Waals surface area contributed by atoms with Crippen LogP contribution in [0.5, 0.6) is 0 Å². The number of rotatable bonds is 5. The number of alkyl halides is 1. The summed E-state index contributed by atoms with van der Waals surface area (Å²) < 4.78 is 0. The first kappa shape index (κ1) is 15.1. The van der Waals surface area contributed by atoms with Crippen molar-refractivity contribution in [2.24, 2.45) is 0 Å². The lowest BCUT2D eigenvalue weighted by Crippen LogP contribution is -2.30. The summed E-state index contributed by atoms with van der Waals surface area (Å²) in [5, 5.41) is 0. The van der Waals surface area contributed by atoms with Gasteiger partial charge in [0.1, 0.15) is 0 Å². The molecule has 0 aliphatic rings. The molecule has 0 fully saturated rings. The Morgan fingerprint density at radius 2 is 1.70 bits per heavy atom. The average Bonchev–Trinajstić information content (AvgIpc) is 2.49. The maximum atomic E-state index is 6.40. The largest absolute Gasteiger partial charge is 0.126 e. The number of aryl methyl sites for hydroxylation is 2. The minimum absolute atomic E-state index is 0.0291. The Morgan fingerprint density at radius 1 is 1.00 bits per heavy atom. The van der Waals surface area contributed by atoms with E-state index in [1.54, 1.807) is 0 Å². The molecular formula is C19H23Cl. The van der Waals surface area contributed by atoms with Crippen molar-refractivity contribution in [3.05, 3.63) is 70.8 Å². The standard InChI is InChI=1S/C19H23Cl/c1-4-19(14-20,18-8-6-5-7-9-18)13-17-12-15(2)10-11-16(17)3/h5-12H,4,13-14H2,1-3H3. The molecule has 106 valence electrons. The molecule has 0 aliphatic carbocycles. The van der Waals surface area contributed by atoms with E-state index in [9.17, 15) is 0 Å². The molecule has 0 saturated heterocycles. The van der Waals surface area contributed by atoms with Gasteiger partial charge in [0.05, 0.1) is 0 Å². The Balaban J connectivity index is 2.42. The fraction of sp³-hybridized carbons (Fsp3) is 0.368. The Labute approximate surface area is 127 Å². The van der Waals surface area contributed by atoms with Crippen molar-refractivity contribution in [3.63, 3.8) is 0 Å². The zero-order valence-corrected chi connectivity index (χ0v) is 13.4. The van der Waals surface area contributed by atoms with E-state index in [0.29, 0.717) is 5.88 Å². The molecule has 0 N–H and O–H groups in total. The van der Waals surface area contributed by atoms with Crippen LogP contribution in [0.3, 0.4) is 0 Å². The maximum Gasteiger partial charge on any atom is 0.0323 e. The summed E-state index contributed by atoms with van der Waals surface area (Å²) in [6.07, 6.45) is 2.05. The summed E-state index contributed by atoms with van der Waals surface area (Å²) in [5.74, 6) is 0.654. The molecular weight excluding hydrogens is 264 g/mol. The first-order valence-electron chi connectivity index (χ1n) is 7.29. The van der Waals surface area contributed by atoms with Crippen molar-refractivity contribution in [1.82, 2.24) is 0 Å². The second-order valence-corrected chi connectivity index (χ2v) is 6.01. The molecule has 0 nitrogen and oxygen atoms in total. The fourth-order valence-corrected chi connectivity index (χ4v) is 3.23. The molecule has 1 unspecified atom stereocenters. The van der Waals surface area contributed by atoms with Crippen molar-refractivity contribution < 1.29 is 0 Å². The Kier molecular flexibility index (Phi) is 4.88. The van der Waals surface area contributed by atoms with Gasteiger partial charge in [-0.1, -0.05) is 61.0 Å².